The van der Waals surface area contributed by atoms with E-state index in [0.29, 0.717) is 5.02 Å². The summed E-state index contributed by atoms with van der Waals surface area (Å²) >= 11 is 6.00. The van der Waals surface area contributed by atoms with Crippen molar-refractivity contribution in [1.29, 1.82) is 0 Å². The molecule has 27 heavy (non-hydrogen) atoms. The lowest BCUT2D eigenvalue weighted by atomic mass is 9.93. The first-order chi connectivity index (χ1) is 13.0. The van der Waals surface area contributed by atoms with Gasteiger partial charge < -0.3 is 4.90 Å². The molecule has 6 heteroatoms. The molecular weight excluding hydrogens is 360 g/mol. The quantitative estimate of drug-likeness (QED) is 0.667. The van der Waals surface area contributed by atoms with E-state index in [1.165, 1.54) is 6.33 Å². The van der Waals surface area contributed by atoms with Gasteiger partial charge >= 0.3 is 0 Å². The number of aromatic nitrogens is 3. The Hall–Kier alpha value is -2.66. The lowest BCUT2D eigenvalue weighted by molar-refractivity contribution is -0.134. The first-order valence-corrected chi connectivity index (χ1v) is 9.37. The molecule has 5 nitrogen and oxygen atoms in total. The minimum absolute atomic E-state index is 0.0212. The number of likely N-dealkylation sites (N-methyl/N-ethyl adjacent to an activating group) is 1. The zero-order valence-corrected chi connectivity index (χ0v) is 16.1. The molecule has 1 aliphatic carbocycles. The van der Waals surface area contributed by atoms with E-state index in [2.05, 4.69) is 17.0 Å². The summed E-state index contributed by atoms with van der Waals surface area (Å²) in [5.74, 6) is 0.165. The summed E-state index contributed by atoms with van der Waals surface area (Å²) in [6, 6.07) is 15.7. The summed E-state index contributed by atoms with van der Waals surface area (Å²) < 4.78 is 1.71. The molecular formula is C21H21ClN4O. The highest BCUT2D eigenvalue weighted by Crippen LogP contribution is 2.50. The molecule has 1 amide bonds. The van der Waals surface area contributed by atoms with Gasteiger partial charge in [-0.1, -0.05) is 35.9 Å². The molecule has 1 aromatic heterocycles. The van der Waals surface area contributed by atoms with Gasteiger partial charge in [0, 0.05) is 12.1 Å². The van der Waals surface area contributed by atoms with Crippen LogP contribution in [0.2, 0.25) is 5.02 Å². The number of amides is 1. The van der Waals surface area contributed by atoms with Gasteiger partial charge in [-0.05, 0) is 55.2 Å². The first kappa shape index (κ1) is 17.7. The van der Waals surface area contributed by atoms with Gasteiger partial charge in [-0.25, -0.2) is 9.67 Å². The molecule has 1 atom stereocenters. The lowest BCUT2D eigenvalue weighted by Crippen LogP contribution is -2.38. The molecule has 2 aromatic carbocycles. The van der Waals surface area contributed by atoms with E-state index in [4.69, 9.17) is 11.6 Å². The van der Waals surface area contributed by atoms with E-state index in [9.17, 15) is 4.79 Å². The number of hydrogen-bond donors (Lipinski definition) is 0. The minimum Gasteiger partial charge on any atom is -0.338 e. The molecule has 0 bridgehead atoms. The van der Waals surface area contributed by atoms with Crippen molar-refractivity contribution < 1.29 is 4.79 Å². The second-order valence-corrected chi connectivity index (χ2v) is 7.55. The Morgan fingerprint density at radius 2 is 1.81 bits per heavy atom. The molecule has 1 fully saturated rings. The smallest absolute Gasteiger partial charge is 0.233 e. The predicted molar refractivity (Wildman–Crippen MR) is 105 cm³/mol. The van der Waals surface area contributed by atoms with Crippen molar-refractivity contribution in [3.8, 4) is 5.69 Å². The molecule has 1 aliphatic rings. The van der Waals surface area contributed by atoms with Crippen molar-refractivity contribution in [3.63, 3.8) is 0 Å². The number of halogens is 1. The van der Waals surface area contributed by atoms with Crippen LogP contribution >= 0.6 is 11.6 Å². The number of nitrogens with zero attached hydrogens (tertiary/aromatic N) is 4. The topological polar surface area (TPSA) is 51.0 Å². The monoisotopic (exact) mass is 380 g/mol. The number of benzene rings is 2. The normalized spacial score (nSPS) is 16.0. The molecule has 1 unspecified atom stereocenters. The van der Waals surface area contributed by atoms with Gasteiger partial charge in [0.15, 0.2) is 0 Å². The summed E-state index contributed by atoms with van der Waals surface area (Å²) in [6.07, 6.45) is 4.94. The molecule has 1 saturated carbocycles. The molecule has 0 radical (unpaired) electrons. The third-order valence-corrected chi connectivity index (χ3v) is 5.77. The Morgan fingerprint density at radius 3 is 2.37 bits per heavy atom. The fourth-order valence-corrected chi connectivity index (χ4v) is 3.63. The van der Waals surface area contributed by atoms with Crippen molar-refractivity contribution in [3.05, 3.63) is 77.3 Å². The molecule has 138 valence electrons. The number of carbonyl (C=O) groups is 1. The Labute approximate surface area is 163 Å². The molecule has 0 aliphatic heterocycles. The van der Waals surface area contributed by atoms with Gasteiger partial charge in [0.1, 0.15) is 12.7 Å². The molecule has 0 spiro atoms. The van der Waals surface area contributed by atoms with E-state index >= 15 is 0 Å². The highest BCUT2D eigenvalue weighted by molar-refractivity contribution is 6.30. The van der Waals surface area contributed by atoms with Crippen molar-refractivity contribution in [2.24, 2.45) is 0 Å². The molecule has 0 saturated heterocycles. The average molecular weight is 381 g/mol. The fraction of sp³-hybridized carbons (Fsp3) is 0.286. The van der Waals surface area contributed by atoms with E-state index < -0.39 is 5.41 Å². The van der Waals surface area contributed by atoms with E-state index in [0.717, 1.165) is 29.7 Å². The maximum absolute atomic E-state index is 13.3. The largest absolute Gasteiger partial charge is 0.338 e. The summed E-state index contributed by atoms with van der Waals surface area (Å²) in [5.41, 5.74) is 2.69. The van der Waals surface area contributed by atoms with Gasteiger partial charge in [-0.15, -0.1) is 0 Å². The van der Waals surface area contributed by atoms with Crippen LogP contribution in [0, 0.1) is 0 Å². The number of carbonyl (C=O) groups excluding carboxylic acids is 1. The number of hydrogen-bond acceptors (Lipinski definition) is 3. The van der Waals surface area contributed by atoms with Gasteiger partial charge in [0.2, 0.25) is 5.91 Å². The van der Waals surface area contributed by atoms with Gasteiger partial charge in [0.25, 0.3) is 0 Å². The van der Waals surface area contributed by atoms with Gasteiger partial charge in [0.05, 0.1) is 17.1 Å². The predicted octanol–water partition coefficient (Wildman–Crippen LogP) is 4.17. The van der Waals surface area contributed by atoms with Crippen LogP contribution in [0.3, 0.4) is 0 Å². The van der Waals surface area contributed by atoms with Crippen LogP contribution in [0.1, 0.15) is 36.9 Å². The first-order valence-electron chi connectivity index (χ1n) is 8.99. The van der Waals surface area contributed by atoms with Crippen LogP contribution in [0.4, 0.5) is 0 Å². The van der Waals surface area contributed by atoms with Crippen LogP contribution in [0.25, 0.3) is 5.69 Å². The Kier molecular flexibility index (Phi) is 4.48. The molecule has 4 rings (SSSR count). The van der Waals surface area contributed by atoms with E-state index in [-0.39, 0.29) is 11.9 Å². The van der Waals surface area contributed by atoms with Crippen LogP contribution in [0.15, 0.2) is 61.2 Å². The Bertz CT molecular complexity index is 931. The highest BCUT2D eigenvalue weighted by atomic mass is 35.5. The van der Waals surface area contributed by atoms with Crippen LogP contribution in [-0.4, -0.2) is 32.6 Å². The fourth-order valence-electron chi connectivity index (χ4n) is 3.50. The summed E-state index contributed by atoms with van der Waals surface area (Å²) in [7, 11) is 1.88. The zero-order chi connectivity index (χ0) is 19.0. The zero-order valence-electron chi connectivity index (χ0n) is 15.3. The van der Waals surface area contributed by atoms with Gasteiger partial charge in [-0.2, -0.15) is 5.10 Å². The van der Waals surface area contributed by atoms with E-state index in [1.807, 2.05) is 60.5 Å². The standard InChI is InChI=1S/C21H21ClN4O/c1-15(16-3-9-19(10-4-16)26-14-23-13-24-26)25(2)20(27)21(11-12-21)17-5-7-18(22)8-6-17/h3-10,13-15H,11-12H2,1-2H3. The maximum atomic E-state index is 13.3. The van der Waals surface area contributed by atoms with Crippen molar-refractivity contribution in [1.82, 2.24) is 19.7 Å². The third-order valence-electron chi connectivity index (χ3n) is 5.52. The van der Waals surface area contributed by atoms with E-state index in [1.54, 1.807) is 11.0 Å². The SMILES string of the molecule is CC(c1ccc(-n2cncn2)cc1)N(C)C(=O)C1(c2ccc(Cl)cc2)CC1. The highest BCUT2D eigenvalue weighted by Gasteiger charge is 2.52. The van der Waals surface area contributed by atoms with Crippen molar-refractivity contribution >= 4 is 17.5 Å². The van der Waals surface area contributed by atoms with Crippen LogP contribution in [0.5, 0.6) is 0 Å². The average Bonchev–Trinajstić information content (AvgIpc) is 3.32. The van der Waals surface area contributed by atoms with Crippen LogP contribution in [-0.2, 0) is 10.2 Å². The van der Waals surface area contributed by atoms with Crippen molar-refractivity contribution in [2.75, 3.05) is 7.05 Å². The molecule has 1 heterocycles. The minimum atomic E-state index is -0.395. The third kappa shape index (κ3) is 3.23. The Morgan fingerprint density at radius 1 is 1.15 bits per heavy atom. The maximum Gasteiger partial charge on any atom is 0.233 e. The molecule has 3 aromatic rings. The Balaban J connectivity index is 1.52. The molecule has 0 N–H and O–H groups in total. The summed E-state index contributed by atoms with van der Waals surface area (Å²) in [6.45, 7) is 2.06. The second-order valence-electron chi connectivity index (χ2n) is 7.11. The number of rotatable bonds is 5. The van der Waals surface area contributed by atoms with Crippen LogP contribution < -0.4 is 0 Å². The summed E-state index contributed by atoms with van der Waals surface area (Å²) in [4.78, 5) is 19.1. The van der Waals surface area contributed by atoms with Crippen molar-refractivity contribution in [2.45, 2.75) is 31.2 Å². The van der Waals surface area contributed by atoms with Gasteiger partial charge in [-0.3, -0.25) is 4.79 Å². The lowest BCUT2D eigenvalue weighted by Gasteiger charge is -2.30. The summed E-state index contributed by atoms with van der Waals surface area (Å²) in [5, 5.41) is 4.83. The second kappa shape index (κ2) is 6.82.